The number of esters is 1. The Morgan fingerprint density at radius 2 is 1.61 bits per heavy atom. The first-order valence-electron chi connectivity index (χ1n) is 12.9. The van der Waals surface area contributed by atoms with Crippen LogP contribution in [0, 0.1) is 12.7 Å². The Morgan fingerprint density at radius 3 is 2.24 bits per heavy atom. The second-order valence-electron chi connectivity index (χ2n) is 11.3. The normalized spacial score (nSPS) is 12.4. The predicted octanol–water partition coefficient (Wildman–Crippen LogP) is 7.75. The van der Waals surface area contributed by atoms with Crippen molar-refractivity contribution in [3.8, 4) is 34.0 Å². The van der Waals surface area contributed by atoms with Gasteiger partial charge in [-0.05, 0) is 82.5 Å². The topological polar surface area (TPSA) is 77.2 Å². The third kappa shape index (κ3) is 7.00. The molecule has 0 saturated heterocycles. The molecule has 0 radical (unpaired) electrons. The van der Waals surface area contributed by atoms with E-state index in [0.29, 0.717) is 27.8 Å². The predicted molar refractivity (Wildman–Crippen MR) is 147 cm³/mol. The maximum atomic E-state index is 15.0. The number of ether oxygens (including phenoxy) is 1. The zero-order valence-electron chi connectivity index (χ0n) is 23.6. The molecule has 3 aromatic carbocycles. The summed E-state index contributed by atoms with van der Waals surface area (Å²) in [6.45, 7) is 10.4. The van der Waals surface area contributed by atoms with Crippen molar-refractivity contribution in [3.63, 3.8) is 0 Å². The number of alkyl halides is 3. The van der Waals surface area contributed by atoms with Crippen LogP contribution in [-0.2, 0) is 22.3 Å². The third-order valence-electron chi connectivity index (χ3n) is 6.36. The molecule has 0 aliphatic carbocycles. The molecule has 4 aromatic rings. The van der Waals surface area contributed by atoms with Crippen molar-refractivity contribution in [1.82, 2.24) is 15.5 Å². The van der Waals surface area contributed by atoms with Crippen molar-refractivity contribution in [1.29, 1.82) is 0 Å². The van der Waals surface area contributed by atoms with Gasteiger partial charge in [-0.2, -0.15) is 18.2 Å². The summed E-state index contributed by atoms with van der Waals surface area (Å²) in [5.74, 6) is -0.681. The maximum absolute atomic E-state index is 15.0. The summed E-state index contributed by atoms with van der Waals surface area (Å²) in [6, 6.07) is 14.7. The molecular formula is C31H31F4N3O3. The van der Waals surface area contributed by atoms with E-state index in [4.69, 9.17) is 9.26 Å². The number of carbonyl (C=O) groups excluding carboxylic acids is 1. The van der Waals surface area contributed by atoms with Crippen LogP contribution >= 0.6 is 0 Å². The first-order valence-corrected chi connectivity index (χ1v) is 12.9. The second kappa shape index (κ2) is 11.1. The van der Waals surface area contributed by atoms with E-state index in [2.05, 4.69) is 15.5 Å². The van der Waals surface area contributed by atoms with Crippen molar-refractivity contribution in [2.24, 2.45) is 0 Å². The van der Waals surface area contributed by atoms with E-state index in [0.717, 1.165) is 6.07 Å². The van der Waals surface area contributed by atoms with Crippen molar-refractivity contribution in [2.45, 2.75) is 65.4 Å². The van der Waals surface area contributed by atoms with Gasteiger partial charge in [0.2, 0.25) is 5.82 Å². The molecule has 1 aromatic heterocycles. The number of nitrogens with one attached hydrogen (secondary N) is 1. The van der Waals surface area contributed by atoms with Gasteiger partial charge in [0.05, 0.1) is 5.56 Å². The molecule has 0 aliphatic rings. The lowest BCUT2D eigenvalue weighted by Gasteiger charge is -2.29. The second-order valence-corrected chi connectivity index (χ2v) is 11.3. The van der Waals surface area contributed by atoms with Crippen LogP contribution in [0.1, 0.15) is 51.3 Å². The fourth-order valence-electron chi connectivity index (χ4n) is 4.15. The molecule has 0 saturated carbocycles. The minimum absolute atomic E-state index is 0.0785. The number of hydrogen-bond donors (Lipinski definition) is 1. The Hall–Kier alpha value is -4.05. The van der Waals surface area contributed by atoms with E-state index in [1.54, 1.807) is 77.9 Å². The molecule has 0 aliphatic heterocycles. The van der Waals surface area contributed by atoms with Gasteiger partial charge in [0, 0.05) is 23.2 Å². The molecule has 4 rings (SSSR count). The average Bonchev–Trinajstić information content (AvgIpc) is 3.37. The lowest BCUT2D eigenvalue weighted by atomic mass is 9.94. The Balaban J connectivity index is 1.51. The summed E-state index contributed by atoms with van der Waals surface area (Å²) in [5.41, 5.74) is -0.0760. The Kier molecular flexibility index (Phi) is 8.09. The Bertz CT molecular complexity index is 1570. The molecule has 0 atom stereocenters. The van der Waals surface area contributed by atoms with Crippen LogP contribution in [-0.4, -0.2) is 27.2 Å². The highest BCUT2D eigenvalue weighted by Crippen LogP contribution is 2.39. The fourth-order valence-corrected chi connectivity index (χ4v) is 4.15. The molecule has 0 unspecified atom stereocenters. The lowest BCUT2D eigenvalue weighted by molar-refractivity contribution is -0.161. The highest BCUT2D eigenvalue weighted by molar-refractivity contribution is 5.80. The van der Waals surface area contributed by atoms with Gasteiger partial charge in [-0.3, -0.25) is 10.1 Å². The minimum atomic E-state index is -4.49. The summed E-state index contributed by atoms with van der Waals surface area (Å²) in [7, 11) is 0. The Morgan fingerprint density at radius 1 is 0.927 bits per heavy atom. The summed E-state index contributed by atoms with van der Waals surface area (Å²) >= 11 is 0. The Labute approximate surface area is 235 Å². The van der Waals surface area contributed by atoms with Gasteiger partial charge in [-0.25, -0.2) is 4.39 Å². The summed E-state index contributed by atoms with van der Waals surface area (Å²) in [6.07, 6.45) is -4.49. The SMILES string of the molecule is Cc1cc(-c2nc(-c3ccc(CNC(C)(C)C(=O)OC(C)(C)C)c(F)c3)no2)ccc1-c1ccccc1C(F)(F)F. The molecule has 0 bridgehead atoms. The van der Waals surface area contributed by atoms with E-state index < -0.39 is 34.7 Å². The highest BCUT2D eigenvalue weighted by Gasteiger charge is 2.34. The van der Waals surface area contributed by atoms with Gasteiger partial charge in [0.25, 0.3) is 5.89 Å². The average molecular weight is 570 g/mol. The summed E-state index contributed by atoms with van der Waals surface area (Å²) < 4.78 is 66.4. The zero-order chi connectivity index (χ0) is 30.2. The number of benzene rings is 3. The molecule has 0 fully saturated rings. The van der Waals surface area contributed by atoms with Crippen molar-refractivity contribution in [2.75, 3.05) is 0 Å². The summed E-state index contributed by atoms with van der Waals surface area (Å²) in [4.78, 5) is 16.8. The molecule has 6 nitrogen and oxygen atoms in total. The third-order valence-corrected chi connectivity index (χ3v) is 6.36. The van der Waals surface area contributed by atoms with E-state index in [1.807, 2.05) is 0 Å². The van der Waals surface area contributed by atoms with Crippen LogP contribution < -0.4 is 5.32 Å². The van der Waals surface area contributed by atoms with E-state index in [-0.39, 0.29) is 23.8 Å². The standard InChI is InChI=1S/C31H31F4N3O3/c1-18-15-20(13-14-22(18)23-9-7-8-10-24(23)31(33,34)35)27-37-26(38-41-27)19-11-12-21(25(32)16-19)17-36-30(5,6)28(39)40-29(2,3)4/h7-16,36H,17H2,1-6H3. The molecule has 10 heteroatoms. The number of hydrogen-bond acceptors (Lipinski definition) is 6. The molecular weight excluding hydrogens is 538 g/mol. The molecule has 1 N–H and O–H groups in total. The number of rotatable bonds is 7. The first kappa shape index (κ1) is 29.9. The lowest BCUT2D eigenvalue weighted by Crippen LogP contribution is -2.49. The molecule has 1 heterocycles. The molecule has 216 valence electrons. The summed E-state index contributed by atoms with van der Waals surface area (Å²) in [5, 5.41) is 6.98. The van der Waals surface area contributed by atoms with Crippen LogP contribution in [0.25, 0.3) is 34.0 Å². The van der Waals surface area contributed by atoms with Crippen LogP contribution in [0.5, 0.6) is 0 Å². The van der Waals surface area contributed by atoms with Gasteiger partial charge in [0.1, 0.15) is 17.0 Å². The van der Waals surface area contributed by atoms with Crippen molar-refractivity contribution >= 4 is 5.97 Å². The smallest absolute Gasteiger partial charge is 0.417 e. The number of aromatic nitrogens is 2. The highest BCUT2D eigenvalue weighted by atomic mass is 19.4. The van der Waals surface area contributed by atoms with Gasteiger partial charge in [-0.1, -0.05) is 41.6 Å². The molecule has 41 heavy (non-hydrogen) atoms. The van der Waals surface area contributed by atoms with E-state index in [1.165, 1.54) is 18.2 Å². The number of nitrogens with zero attached hydrogens (tertiary/aromatic N) is 2. The largest absolute Gasteiger partial charge is 0.459 e. The molecule has 0 amide bonds. The fraction of sp³-hybridized carbons (Fsp3) is 0.323. The van der Waals surface area contributed by atoms with Crippen LogP contribution in [0.3, 0.4) is 0 Å². The monoisotopic (exact) mass is 569 g/mol. The van der Waals surface area contributed by atoms with Crippen molar-refractivity contribution in [3.05, 3.63) is 83.2 Å². The number of aryl methyl sites for hydroxylation is 1. The number of carbonyl (C=O) groups is 1. The first-order chi connectivity index (χ1) is 19.0. The van der Waals surface area contributed by atoms with Crippen LogP contribution in [0.4, 0.5) is 17.6 Å². The maximum Gasteiger partial charge on any atom is 0.417 e. The van der Waals surface area contributed by atoms with Gasteiger partial charge in [-0.15, -0.1) is 0 Å². The quantitative estimate of drug-likeness (QED) is 0.181. The van der Waals surface area contributed by atoms with Crippen LogP contribution in [0.15, 0.2) is 65.2 Å². The van der Waals surface area contributed by atoms with E-state index >= 15 is 0 Å². The van der Waals surface area contributed by atoms with Gasteiger partial charge < -0.3 is 9.26 Å². The van der Waals surface area contributed by atoms with E-state index in [9.17, 15) is 22.4 Å². The van der Waals surface area contributed by atoms with Gasteiger partial charge in [0.15, 0.2) is 0 Å². The minimum Gasteiger partial charge on any atom is -0.459 e. The van der Waals surface area contributed by atoms with Crippen LogP contribution in [0.2, 0.25) is 0 Å². The molecule has 0 spiro atoms. The van der Waals surface area contributed by atoms with Gasteiger partial charge >= 0.3 is 12.1 Å². The zero-order valence-corrected chi connectivity index (χ0v) is 23.6. The number of halogens is 4. The van der Waals surface area contributed by atoms with Crippen molar-refractivity contribution < 1.29 is 31.6 Å².